The summed E-state index contributed by atoms with van der Waals surface area (Å²) in [7, 11) is 1.55. The second-order valence-electron chi connectivity index (χ2n) is 9.53. The van der Waals surface area contributed by atoms with Crippen molar-refractivity contribution in [3.8, 4) is 5.75 Å². The number of benzene rings is 3. The lowest BCUT2D eigenvalue weighted by molar-refractivity contribution is -0.288. The highest BCUT2D eigenvalue weighted by atomic mass is 16.6. The van der Waals surface area contributed by atoms with E-state index >= 15 is 0 Å². The largest absolute Gasteiger partial charge is 0.497 e. The molecule has 5 atom stereocenters. The molecule has 3 aromatic carbocycles. The van der Waals surface area contributed by atoms with Gasteiger partial charge in [0.05, 0.1) is 31.4 Å². The number of methoxy groups -OCH3 is 1. The smallest absolute Gasteiger partial charge is 0.254 e. The summed E-state index contributed by atoms with van der Waals surface area (Å²) in [5.74, 6) is -0.110. The first kappa shape index (κ1) is 26.1. The van der Waals surface area contributed by atoms with Crippen molar-refractivity contribution < 1.29 is 39.8 Å². The molecule has 10 nitrogen and oxygen atoms in total. The van der Waals surface area contributed by atoms with Gasteiger partial charge >= 0.3 is 0 Å². The zero-order valence-corrected chi connectivity index (χ0v) is 20.7. The van der Waals surface area contributed by atoms with E-state index in [-0.39, 0.29) is 5.56 Å². The quantitative estimate of drug-likeness (QED) is 0.208. The monoisotopic (exact) mass is 522 g/mol. The highest BCUT2D eigenvalue weighted by Gasteiger charge is 2.56. The first-order valence-corrected chi connectivity index (χ1v) is 12.2. The molecule has 4 aromatic rings. The Balaban J connectivity index is 1.52. The van der Waals surface area contributed by atoms with Crippen molar-refractivity contribution in [1.29, 1.82) is 0 Å². The minimum Gasteiger partial charge on any atom is -0.497 e. The lowest BCUT2D eigenvalue weighted by Crippen LogP contribution is -2.74. The molecule has 0 saturated carbocycles. The Morgan fingerprint density at radius 2 is 1.82 bits per heavy atom. The number of hydrogen-bond donors (Lipinski definition) is 6. The van der Waals surface area contributed by atoms with Gasteiger partial charge in [0.25, 0.3) is 5.91 Å². The molecule has 0 bridgehead atoms. The average molecular weight is 523 g/mol. The van der Waals surface area contributed by atoms with Gasteiger partial charge in [-0.2, -0.15) is 0 Å². The molecule has 1 aromatic heterocycles. The van der Waals surface area contributed by atoms with E-state index in [9.17, 15) is 30.3 Å². The molecular formula is C28H30N2O8. The SMILES string of the molecule is COc1ccc2c(C(=O)N[C@@]3(CO)C(O)O[C@H](CO)[C@@H](O)[C@@H]3O)cn(Cc3ccc4ccccc4c3)c2c1. The van der Waals surface area contributed by atoms with Crippen LogP contribution in [0.1, 0.15) is 15.9 Å². The number of fused-ring (bicyclic) bond motifs is 2. The number of carbonyl (C=O) groups is 1. The number of amides is 1. The number of carbonyl (C=O) groups excluding carboxylic acids is 1. The van der Waals surface area contributed by atoms with Crippen molar-refractivity contribution in [3.63, 3.8) is 0 Å². The van der Waals surface area contributed by atoms with Crippen LogP contribution in [-0.2, 0) is 11.3 Å². The van der Waals surface area contributed by atoms with Crippen molar-refractivity contribution in [2.24, 2.45) is 0 Å². The first-order chi connectivity index (χ1) is 18.3. The van der Waals surface area contributed by atoms with Crippen LogP contribution in [0.4, 0.5) is 0 Å². The minimum absolute atomic E-state index is 0.217. The number of hydrogen-bond acceptors (Lipinski definition) is 8. The van der Waals surface area contributed by atoms with E-state index in [0.717, 1.165) is 16.3 Å². The number of nitrogens with one attached hydrogen (secondary N) is 1. The highest BCUT2D eigenvalue weighted by molar-refractivity contribution is 6.07. The van der Waals surface area contributed by atoms with Gasteiger partial charge in [-0.1, -0.05) is 36.4 Å². The summed E-state index contributed by atoms with van der Waals surface area (Å²) in [5, 5.41) is 56.4. The van der Waals surface area contributed by atoms with Crippen molar-refractivity contribution in [1.82, 2.24) is 9.88 Å². The maximum atomic E-state index is 13.6. The van der Waals surface area contributed by atoms with E-state index in [1.165, 1.54) is 0 Å². The molecular weight excluding hydrogens is 492 g/mol. The van der Waals surface area contributed by atoms with Crippen LogP contribution in [0.2, 0.25) is 0 Å². The molecule has 6 N–H and O–H groups in total. The van der Waals surface area contributed by atoms with Crippen LogP contribution in [-0.4, -0.2) is 86.5 Å². The molecule has 0 spiro atoms. The van der Waals surface area contributed by atoms with Gasteiger partial charge in [0.2, 0.25) is 0 Å². The van der Waals surface area contributed by atoms with Gasteiger partial charge in [-0.15, -0.1) is 0 Å². The molecule has 1 aliphatic rings. The Morgan fingerprint density at radius 1 is 1.05 bits per heavy atom. The highest BCUT2D eigenvalue weighted by Crippen LogP contribution is 2.31. The number of aliphatic hydroxyl groups excluding tert-OH is 5. The number of aliphatic hydroxyl groups is 5. The molecule has 38 heavy (non-hydrogen) atoms. The van der Waals surface area contributed by atoms with E-state index in [1.807, 2.05) is 41.0 Å². The number of rotatable bonds is 7. The lowest BCUT2D eigenvalue weighted by atomic mass is 9.83. The second-order valence-corrected chi connectivity index (χ2v) is 9.53. The predicted molar refractivity (Wildman–Crippen MR) is 139 cm³/mol. The van der Waals surface area contributed by atoms with E-state index in [4.69, 9.17) is 9.47 Å². The first-order valence-electron chi connectivity index (χ1n) is 12.2. The van der Waals surface area contributed by atoms with Crippen LogP contribution in [0.25, 0.3) is 21.7 Å². The van der Waals surface area contributed by atoms with Crippen LogP contribution >= 0.6 is 0 Å². The molecule has 200 valence electrons. The fourth-order valence-corrected chi connectivity index (χ4v) is 5.04. The van der Waals surface area contributed by atoms with Crippen molar-refractivity contribution in [3.05, 3.63) is 78.0 Å². The molecule has 5 rings (SSSR count). The van der Waals surface area contributed by atoms with Crippen LogP contribution in [0.3, 0.4) is 0 Å². The fraction of sp³-hybridized carbons (Fsp3) is 0.321. The lowest BCUT2D eigenvalue weighted by Gasteiger charge is -2.48. The summed E-state index contributed by atoms with van der Waals surface area (Å²) in [5.41, 5.74) is -0.190. The summed E-state index contributed by atoms with van der Waals surface area (Å²) in [4.78, 5) is 13.6. The number of nitrogens with zero attached hydrogens (tertiary/aromatic N) is 1. The molecule has 2 heterocycles. The molecule has 1 saturated heterocycles. The van der Waals surface area contributed by atoms with Gasteiger partial charge in [-0.05, 0) is 34.5 Å². The van der Waals surface area contributed by atoms with Crippen molar-refractivity contribution in [2.75, 3.05) is 20.3 Å². The third-order valence-electron chi connectivity index (χ3n) is 7.27. The van der Waals surface area contributed by atoms with E-state index in [0.29, 0.717) is 23.2 Å². The molecule has 10 heteroatoms. The van der Waals surface area contributed by atoms with Gasteiger partial charge in [-0.25, -0.2) is 0 Å². The van der Waals surface area contributed by atoms with Gasteiger partial charge in [0.15, 0.2) is 6.29 Å². The van der Waals surface area contributed by atoms with E-state index in [1.54, 1.807) is 31.5 Å². The maximum Gasteiger partial charge on any atom is 0.254 e. The Morgan fingerprint density at radius 3 is 2.53 bits per heavy atom. The maximum absolute atomic E-state index is 13.6. The van der Waals surface area contributed by atoms with Crippen molar-refractivity contribution >= 4 is 27.6 Å². The normalized spacial score (nSPS) is 25.5. The molecule has 0 aliphatic carbocycles. The Kier molecular flexibility index (Phi) is 7.10. The van der Waals surface area contributed by atoms with E-state index in [2.05, 4.69) is 11.4 Å². The fourth-order valence-electron chi connectivity index (χ4n) is 5.04. The molecule has 0 radical (unpaired) electrons. The van der Waals surface area contributed by atoms with E-state index < -0.39 is 49.3 Å². The third-order valence-corrected chi connectivity index (χ3v) is 7.27. The molecule has 1 fully saturated rings. The van der Waals surface area contributed by atoms with Gasteiger partial charge in [0, 0.05) is 24.2 Å². The summed E-state index contributed by atoms with van der Waals surface area (Å²) < 4.78 is 12.5. The second kappa shape index (κ2) is 10.3. The topological polar surface area (TPSA) is 154 Å². The summed E-state index contributed by atoms with van der Waals surface area (Å²) in [6, 6.07) is 19.4. The van der Waals surface area contributed by atoms with Crippen LogP contribution in [0.5, 0.6) is 5.75 Å². The summed E-state index contributed by atoms with van der Waals surface area (Å²) >= 11 is 0. The van der Waals surface area contributed by atoms with Gasteiger partial charge < -0.3 is 44.9 Å². The molecule has 1 aliphatic heterocycles. The van der Waals surface area contributed by atoms with Gasteiger partial charge in [0.1, 0.15) is 29.6 Å². The zero-order valence-electron chi connectivity index (χ0n) is 20.7. The standard InChI is InChI=1S/C28H30N2O8/c1-37-19-8-9-20-21(26(35)29-28(15-32)25(34)24(33)23(14-31)38-27(28)36)13-30(22(20)11-19)12-16-6-7-17-4-2-3-5-18(17)10-16/h2-11,13,23-25,27,31-34,36H,12,14-15H2,1H3,(H,29,35)/t23-,24-,25+,27?,28-/m1/s1. The third kappa shape index (κ3) is 4.41. The molecule has 1 amide bonds. The minimum atomic E-state index is -2.12. The average Bonchev–Trinajstić information content (AvgIpc) is 3.30. The van der Waals surface area contributed by atoms with Crippen LogP contribution in [0.15, 0.2) is 66.9 Å². The number of ether oxygens (including phenoxy) is 2. The Bertz CT molecular complexity index is 1470. The summed E-state index contributed by atoms with van der Waals surface area (Å²) in [6.45, 7) is -1.16. The number of aromatic nitrogens is 1. The molecule has 1 unspecified atom stereocenters. The van der Waals surface area contributed by atoms with Crippen LogP contribution < -0.4 is 10.1 Å². The Hall–Kier alpha value is -3.51. The summed E-state index contributed by atoms with van der Waals surface area (Å²) in [6.07, 6.45) is -5.00. The van der Waals surface area contributed by atoms with Gasteiger partial charge in [-0.3, -0.25) is 4.79 Å². The Labute approximate surface area is 218 Å². The zero-order chi connectivity index (χ0) is 27.0. The predicted octanol–water partition coefficient (Wildman–Crippen LogP) is 0.744. The van der Waals surface area contributed by atoms with Crippen LogP contribution in [0, 0.1) is 0 Å². The van der Waals surface area contributed by atoms with Crippen molar-refractivity contribution in [2.45, 2.75) is 36.7 Å².